The summed E-state index contributed by atoms with van der Waals surface area (Å²) in [5.41, 5.74) is 0.448. The molecule has 0 atom stereocenters. The van der Waals surface area contributed by atoms with Crippen LogP contribution in [0.2, 0.25) is 5.02 Å². The first-order valence-electron chi connectivity index (χ1n) is 6.38. The van der Waals surface area contributed by atoms with Gasteiger partial charge in [0, 0.05) is 18.5 Å². The van der Waals surface area contributed by atoms with Crippen LogP contribution in [0.25, 0.3) is 11.5 Å². The predicted octanol–water partition coefficient (Wildman–Crippen LogP) is 3.46. The summed E-state index contributed by atoms with van der Waals surface area (Å²) >= 11 is 5.89. The zero-order chi connectivity index (χ0) is 14.8. The second kappa shape index (κ2) is 5.89. The molecule has 1 aromatic heterocycles. The van der Waals surface area contributed by atoms with E-state index in [1.54, 1.807) is 12.1 Å². The highest BCUT2D eigenvalue weighted by Crippen LogP contribution is 2.28. The van der Waals surface area contributed by atoms with E-state index in [0.29, 0.717) is 17.9 Å². The summed E-state index contributed by atoms with van der Waals surface area (Å²) in [6.45, 7) is 6.97. The molecule has 2 rings (SSSR count). The van der Waals surface area contributed by atoms with Crippen molar-refractivity contribution < 1.29 is 8.81 Å². The van der Waals surface area contributed by atoms with Gasteiger partial charge < -0.3 is 9.73 Å². The highest BCUT2D eigenvalue weighted by molar-refractivity contribution is 6.33. The lowest BCUT2D eigenvalue weighted by molar-refractivity contribution is 0.411. The van der Waals surface area contributed by atoms with Gasteiger partial charge in [0.15, 0.2) is 0 Å². The third-order valence-electron chi connectivity index (χ3n) is 2.64. The molecule has 1 aromatic carbocycles. The number of aromatic nitrogens is 2. The third-order valence-corrected chi connectivity index (χ3v) is 3.03. The molecule has 0 saturated heterocycles. The first-order valence-corrected chi connectivity index (χ1v) is 6.76. The van der Waals surface area contributed by atoms with Crippen LogP contribution in [0.5, 0.6) is 0 Å². The Bertz CT molecular complexity index is 592. The molecule has 0 saturated carbocycles. The first kappa shape index (κ1) is 14.9. The number of rotatable bonds is 4. The average Bonchev–Trinajstić information content (AvgIpc) is 2.79. The quantitative estimate of drug-likeness (QED) is 0.939. The van der Waals surface area contributed by atoms with Crippen LogP contribution >= 0.6 is 11.6 Å². The van der Waals surface area contributed by atoms with Gasteiger partial charge >= 0.3 is 0 Å². The van der Waals surface area contributed by atoms with E-state index in [-0.39, 0.29) is 16.5 Å². The smallest absolute Gasteiger partial charge is 0.249 e. The van der Waals surface area contributed by atoms with E-state index in [0.717, 1.165) is 6.54 Å². The molecule has 2 aromatic rings. The molecule has 1 heterocycles. The molecule has 0 aliphatic carbocycles. The Morgan fingerprint density at radius 2 is 2.05 bits per heavy atom. The van der Waals surface area contributed by atoms with Gasteiger partial charge in [-0.3, -0.25) is 0 Å². The van der Waals surface area contributed by atoms with Gasteiger partial charge in [0.2, 0.25) is 11.8 Å². The molecule has 4 nitrogen and oxygen atoms in total. The Balaban J connectivity index is 2.07. The minimum absolute atomic E-state index is 0.00415. The maximum absolute atomic E-state index is 13.4. The van der Waals surface area contributed by atoms with Gasteiger partial charge in [-0.05, 0) is 32.9 Å². The molecule has 0 fully saturated rings. The zero-order valence-electron chi connectivity index (χ0n) is 11.7. The summed E-state index contributed by atoms with van der Waals surface area (Å²) in [6, 6.07) is 4.49. The van der Waals surface area contributed by atoms with Crippen LogP contribution in [-0.4, -0.2) is 22.3 Å². The molecule has 20 heavy (non-hydrogen) atoms. The Morgan fingerprint density at radius 3 is 2.75 bits per heavy atom. The topological polar surface area (TPSA) is 51.0 Å². The minimum Gasteiger partial charge on any atom is -0.421 e. The molecule has 0 aliphatic heterocycles. The van der Waals surface area contributed by atoms with Crippen molar-refractivity contribution in [3.63, 3.8) is 0 Å². The fourth-order valence-corrected chi connectivity index (χ4v) is 1.88. The highest BCUT2D eigenvalue weighted by atomic mass is 35.5. The van der Waals surface area contributed by atoms with E-state index >= 15 is 0 Å². The molecule has 0 aliphatic rings. The van der Waals surface area contributed by atoms with Crippen LogP contribution in [0.3, 0.4) is 0 Å². The minimum atomic E-state index is -0.502. The van der Waals surface area contributed by atoms with Crippen molar-refractivity contribution in [1.82, 2.24) is 15.5 Å². The second-order valence-corrected chi connectivity index (χ2v) is 5.91. The lowest BCUT2D eigenvalue weighted by atomic mass is 10.1. The van der Waals surface area contributed by atoms with Crippen molar-refractivity contribution in [1.29, 1.82) is 0 Å². The Labute approximate surface area is 122 Å². The Hall–Kier alpha value is -1.46. The van der Waals surface area contributed by atoms with Crippen LogP contribution in [0, 0.1) is 5.82 Å². The Morgan fingerprint density at radius 1 is 1.30 bits per heavy atom. The van der Waals surface area contributed by atoms with Gasteiger partial charge in [-0.15, -0.1) is 10.2 Å². The molecule has 0 radical (unpaired) electrons. The molecule has 108 valence electrons. The number of nitrogens with zero attached hydrogens (tertiary/aromatic N) is 2. The molecule has 0 amide bonds. The summed E-state index contributed by atoms with van der Waals surface area (Å²) in [5, 5.41) is 11.2. The van der Waals surface area contributed by atoms with Gasteiger partial charge in [0.1, 0.15) is 5.82 Å². The summed E-state index contributed by atoms with van der Waals surface area (Å²) in [5.74, 6) is 0.232. The van der Waals surface area contributed by atoms with Crippen molar-refractivity contribution in [2.45, 2.75) is 32.7 Å². The predicted molar refractivity (Wildman–Crippen MR) is 76.2 cm³/mol. The number of nitrogens with one attached hydrogen (secondary N) is 1. The standard InChI is InChI=1S/C14H17ClFN3O/c1-14(2,3)17-8-7-11-18-19-13(20-11)9-5-4-6-10(16)12(9)15/h4-6,17H,7-8H2,1-3H3. The monoisotopic (exact) mass is 297 g/mol. The van der Waals surface area contributed by atoms with Crippen molar-refractivity contribution >= 4 is 11.6 Å². The highest BCUT2D eigenvalue weighted by Gasteiger charge is 2.15. The summed E-state index contributed by atoms with van der Waals surface area (Å²) in [7, 11) is 0. The number of benzene rings is 1. The fourth-order valence-electron chi connectivity index (χ4n) is 1.68. The number of halogens is 2. The van der Waals surface area contributed by atoms with Crippen LogP contribution in [-0.2, 0) is 6.42 Å². The SMILES string of the molecule is CC(C)(C)NCCc1nnc(-c2cccc(F)c2Cl)o1. The van der Waals surface area contributed by atoms with Crippen molar-refractivity contribution in [2.75, 3.05) is 6.54 Å². The number of hydrogen-bond donors (Lipinski definition) is 1. The molecule has 0 unspecified atom stereocenters. The van der Waals surface area contributed by atoms with Gasteiger partial charge in [-0.2, -0.15) is 0 Å². The molecule has 0 spiro atoms. The molecule has 0 bridgehead atoms. The molecular weight excluding hydrogens is 281 g/mol. The zero-order valence-corrected chi connectivity index (χ0v) is 12.5. The van der Waals surface area contributed by atoms with E-state index in [1.165, 1.54) is 6.07 Å². The largest absolute Gasteiger partial charge is 0.421 e. The summed E-state index contributed by atoms with van der Waals surface area (Å²) in [6.07, 6.45) is 0.608. The van der Waals surface area contributed by atoms with Crippen LogP contribution < -0.4 is 5.32 Å². The van der Waals surface area contributed by atoms with Crippen molar-refractivity contribution in [2.24, 2.45) is 0 Å². The molecule has 6 heteroatoms. The maximum Gasteiger partial charge on any atom is 0.249 e. The lowest BCUT2D eigenvalue weighted by Gasteiger charge is -2.19. The number of hydrogen-bond acceptors (Lipinski definition) is 4. The maximum atomic E-state index is 13.4. The van der Waals surface area contributed by atoms with E-state index in [2.05, 4.69) is 36.3 Å². The van der Waals surface area contributed by atoms with Gasteiger partial charge in [-0.1, -0.05) is 17.7 Å². The third kappa shape index (κ3) is 3.77. The van der Waals surface area contributed by atoms with Crippen LogP contribution in [0.4, 0.5) is 4.39 Å². The normalized spacial score (nSPS) is 11.8. The fraction of sp³-hybridized carbons (Fsp3) is 0.429. The van der Waals surface area contributed by atoms with E-state index in [4.69, 9.17) is 16.0 Å². The van der Waals surface area contributed by atoms with E-state index < -0.39 is 5.82 Å². The summed E-state index contributed by atoms with van der Waals surface area (Å²) in [4.78, 5) is 0. The average molecular weight is 298 g/mol. The van der Waals surface area contributed by atoms with E-state index in [9.17, 15) is 4.39 Å². The van der Waals surface area contributed by atoms with Crippen molar-refractivity contribution in [3.05, 3.63) is 34.9 Å². The lowest BCUT2D eigenvalue weighted by Crippen LogP contribution is -2.37. The Kier molecular flexibility index (Phi) is 4.40. The second-order valence-electron chi connectivity index (χ2n) is 5.53. The van der Waals surface area contributed by atoms with Crippen LogP contribution in [0.15, 0.2) is 22.6 Å². The molecule has 1 N–H and O–H groups in total. The van der Waals surface area contributed by atoms with Gasteiger partial charge in [0.05, 0.1) is 10.6 Å². The van der Waals surface area contributed by atoms with Gasteiger partial charge in [-0.25, -0.2) is 4.39 Å². The summed E-state index contributed by atoms with van der Waals surface area (Å²) < 4.78 is 18.9. The first-order chi connectivity index (χ1) is 9.37. The van der Waals surface area contributed by atoms with Crippen LogP contribution in [0.1, 0.15) is 26.7 Å². The van der Waals surface area contributed by atoms with Crippen molar-refractivity contribution in [3.8, 4) is 11.5 Å². The van der Waals surface area contributed by atoms with E-state index in [1.807, 2.05) is 0 Å². The molecular formula is C14H17ClFN3O. The van der Waals surface area contributed by atoms with Gasteiger partial charge in [0.25, 0.3) is 0 Å².